The van der Waals surface area contributed by atoms with E-state index in [0.717, 1.165) is 10.6 Å². The van der Waals surface area contributed by atoms with Gasteiger partial charge in [-0.1, -0.05) is 6.92 Å². The highest BCUT2D eigenvalue weighted by molar-refractivity contribution is 7.99. The first-order chi connectivity index (χ1) is 6.59. The van der Waals surface area contributed by atoms with E-state index in [1.54, 1.807) is 11.8 Å². The summed E-state index contributed by atoms with van der Waals surface area (Å²) in [5.41, 5.74) is 11.4. The highest BCUT2D eigenvalue weighted by atomic mass is 32.2. The fraction of sp³-hybridized carbons (Fsp3) is 0.300. The Balaban J connectivity index is 2.46. The summed E-state index contributed by atoms with van der Waals surface area (Å²) in [5.74, 6) is 0.352. The van der Waals surface area contributed by atoms with Gasteiger partial charge in [-0.15, -0.1) is 11.8 Å². The average Bonchev–Trinajstić information content (AvgIpc) is 2.16. The summed E-state index contributed by atoms with van der Waals surface area (Å²) in [6.45, 7) is 1.83. The molecule has 0 saturated carbocycles. The Kier molecular flexibility index (Phi) is 3.83. The second-order valence-corrected chi connectivity index (χ2v) is 4.28. The molecule has 0 radical (unpaired) electrons. The van der Waals surface area contributed by atoms with Gasteiger partial charge in [-0.3, -0.25) is 4.79 Å². The van der Waals surface area contributed by atoms with E-state index in [1.165, 1.54) is 0 Å². The number of hydrogen-bond donors (Lipinski definition) is 2. The van der Waals surface area contributed by atoms with Gasteiger partial charge < -0.3 is 11.5 Å². The van der Waals surface area contributed by atoms with Gasteiger partial charge in [0.2, 0.25) is 5.91 Å². The lowest BCUT2D eigenvalue weighted by Gasteiger charge is -2.06. The van der Waals surface area contributed by atoms with Gasteiger partial charge in [0.05, 0.1) is 0 Å². The van der Waals surface area contributed by atoms with Crippen molar-refractivity contribution in [2.75, 3.05) is 11.5 Å². The SMILES string of the molecule is CC(CSc1ccc(N)cc1)C(N)=O. The van der Waals surface area contributed by atoms with Crippen molar-refractivity contribution in [2.45, 2.75) is 11.8 Å². The van der Waals surface area contributed by atoms with Crippen LogP contribution in [0.3, 0.4) is 0 Å². The zero-order valence-corrected chi connectivity index (χ0v) is 8.88. The molecule has 0 aliphatic carbocycles. The van der Waals surface area contributed by atoms with E-state index in [-0.39, 0.29) is 11.8 Å². The third-order valence-corrected chi connectivity index (χ3v) is 3.14. The first-order valence-corrected chi connectivity index (χ1v) is 5.36. The zero-order chi connectivity index (χ0) is 10.6. The van der Waals surface area contributed by atoms with Crippen molar-refractivity contribution in [1.29, 1.82) is 0 Å². The van der Waals surface area contributed by atoms with E-state index in [4.69, 9.17) is 11.5 Å². The van der Waals surface area contributed by atoms with Crippen LogP contribution in [-0.4, -0.2) is 11.7 Å². The summed E-state index contributed by atoms with van der Waals surface area (Å²) in [4.78, 5) is 11.9. The molecule has 1 rings (SSSR count). The second-order valence-electron chi connectivity index (χ2n) is 3.18. The van der Waals surface area contributed by atoms with Crippen LogP contribution in [0.15, 0.2) is 29.2 Å². The molecule has 1 amide bonds. The molecule has 4 N–H and O–H groups in total. The molecular formula is C10H14N2OS. The maximum atomic E-state index is 10.8. The molecular weight excluding hydrogens is 196 g/mol. The molecule has 1 aromatic carbocycles. The lowest BCUT2D eigenvalue weighted by atomic mass is 10.2. The van der Waals surface area contributed by atoms with Crippen LogP contribution in [0.1, 0.15) is 6.92 Å². The quantitative estimate of drug-likeness (QED) is 0.584. The molecule has 1 unspecified atom stereocenters. The molecule has 0 aromatic heterocycles. The Morgan fingerprint density at radius 2 is 2.00 bits per heavy atom. The van der Waals surface area contributed by atoms with Crippen LogP contribution in [0.4, 0.5) is 5.69 Å². The summed E-state index contributed by atoms with van der Waals surface area (Å²) >= 11 is 1.61. The number of rotatable bonds is 4. The number of primary amides is 1. The van der Waals surface area contributed by atoms with Gasteiger partial charge in [-0.05, 0) is 24.3 Å². The molecule has 76 valence electrons. The molecule has 0 saturated heterocycles. The van der Waals surface area contributed by atoms with Crippen LogP contribution in [-0.2, 0) is 4.79 Å². The molecule has 1 aromatic rings. The molecule has 1 atom stereocenters. The molecule has 0 fully saturated rings. The van der Waals surface area contributed by atoms with Gasteiger partial charge in [0.15, 0.2) is 0 Å². The lowest BCUT2D eigenvalue weighted by Crippen LogP contribution is -2.22. The van der Waals surface area contributed by atoms with Crippen molar-refractivity contribution >= 4 is 23.4 Å². The van der Waals surface area contributed by atoms with Gasteiger partial charge in [0, 0.05) is 22.3 Å². The van der Waals surface area contributed by atoms with Crippen LogP contribution in [0.5, 0.6) is 0 Å². The summed E-state index contributed by atoms with van der Waals surface area (Å²) in [5, 5.41) is 0. The summed E-state index contributed by atoms with van der Waals surface area (Å²) in [7, 11) is 0. The first-order valence-electron chi connectivity index (χ1n) is 4.37. The third kappa shape index (κ3) is 3.30. The first kappa shape index (κ1) is 10.9. The maximum Gasteiger partial charge on any atom is 0.221 e. The summed E-state index contributed by atoms with van der Waals surface area (Å²) in [6.07, 6.45) is 0. The Morgan fingerprint density at radius 3 is 2.50 bits per heavy atom. The number of thioether (sulfide) groups is 1. The number of anilines is 1. The van der Waals surface area contributed by atoms with E-state index >= 15 is 0 Å². The summed E-state index contributed by atoms with van der Waals surface area (Å²) < 4.78 is 0. The van der Waals surface area contributed by atoms with Crippen LogP contribution < -0.4 is 11.5 Å². The van der Waals surface area contributed by atoms with Gasteiger partial charge in [0.25, 0.3) is 0 Å². The standard InChI is InChI=1S/C10H14N2OS/c1-7(10(12)13)6-14-9-4-2-8(11)3-5-9/h2-5,7H,6,11H2,1H3,(H2,12,13). The Bertz CT molecular complexity index is 310. The van der Waals surface area contributed by atoms with Crippen LogP contribution in [0.25, 0.3) is 0 Å². The largest absolute Gasteiger partial charge is 0.399 e. The monoisotopic (exact) mass is 210 g/mol. The highest BCUT2D eigenvalue weighted by Gasteiger charge is 2.08. The van der Waals surface area contributed by atoms with Gasteiger partial charge >= 0.3 is 0 Å². The van der Waals surface area contributed by atoms with Crippen molar-refractivity contribution in [3.05, 3.63) is 24.3 Å². The molecule has 0 heterocycles. The van der Waals surface area contributed by atoms with Crippen LogP contribution >= 0.6 is 11.8 Å². The highest BCUT2D eigenvalue weighted by Crippen LogP contribution is 2.21. The molecule has 0 aliphatic rings. The molecule has 0 aliphatic heterocycles. The van der Waals surface area contributed by atoms with Gasteiger partial charge in [-0.25, -0.2) is 0 Å². The Labute approximate surface area is 87.9 Å². The average molecular weight is 210 g/mol. The van der Waals surface area contributed by atoms with Crippen molar-refractivity contribution in [1.82, 2.24) is 0 Å². The Morgan fingerprint density at radius 1 is 1.43 bits per heavy atom. The van der Waals surface area contributed by atoms with Gasteiger partial charge in [-0.2, -0.15) is 0 Å². The van der Waals surface area contributed by atoms with Crippen molar-refractivity contribution in [2.24, 2.45) is 11.7 Å². The maximum absolute atomic E-state index is 10.8. The van der Waals surface area contributed by atoms with Crippen LogP contribution in [0, 0.1) is 5.92 Å². The van der Waals surface area contributed by atoms with E-state index < -0.39 is 0 Å². The minimum absolute atomic E-state index is 0.0995. The minimum Gasteiger partial charge on any atom is -0.399 e. The predicted molar refractivity (Wildman–Crippen MR) is 59.9 cm³/mol. The van der Waals surface area contributed by atoms with Crippen molar-refractivity contribution in [3.63, 3.8) is 0 Å². The number of carbonyl (C=O) groups is 1. The van der Waals surface area contributed by atoms with Crippen LogP contribution in [0.2, 0.25) is 0 Å². The van der Waals surface area contributed by atoms with Gasteiger partial charge in [0.1, 0.15) is 0 Å². The topological polar surface area (TPSA) is 69.1 Å². The fourth-order valence-corrected chi connectivity index (χ4v) is 1.80. The molecule has 4 heteroatoms. The molecule has 0 spiro atoms. The van der Waals surface area contributed by atoms with E-state index in [9.17, 15) is 4.79 Å². The number of hydrogen-bond acceptors (Lipinski definition) is 3. The molecule has 3 nitrogen and oxygen atoms in total. The summed E-state index contributed by atoms with van der Waals surface area (Å²) in [6, 6.07) is 7.57. The van der Waals surface area contributed by atoms with Crippen molar-refractivity contribution in [3.8, 4) is 0 Å². The zero-order valence-electron chi connectivity index (χ0n) is 8.07. The third-order valence-electron chi connectivity index (χ3n) is 1.87. The lowest BCUT2D eigenvalue weighted by molar-refractivity contribution is -0.120. The van der Waals surface area contributed by atoms with E-state index in [2.05, 4.69) is 0 Å². The normalized spacial score (nSPS) is 12.4. The Hall–Kier alpha value is -1.16. The second kappa shape index (κ2) is 4.91. The minimum atomic E-state index is -0.257. The fourth-order valence-electron chi connectivity index (χ4n) is 0.867. The molecule has 0 bridgehead atoms. The predicted octanol–water partition coefficient (Wildman–Crippen LogP) is 1.48. The molecule has 14 heavy (non-hydrogen) atoms. The number of amides is 1. The smallest absolute Gasteiger partial charge is 0.221 e. The number of nitrogen functional groups attached to an aromatic ring is 1. The van der Waals surface area contributed by atoms with Crippen molar-refractivity contribution < 1.29 is 4.79 Å². The van der Waals surface area contributed by atoms with E-state index in [0.29, 0.717) is 5.75 Å². The van der Waals surface area contributed by atoms with E-state index in [1.807, 2.05) is 31.2 Å². The number of carbonyl (C=O) groups excluding carboxylic acids is 1. The number of benzene rings is 1. The number of nitrogens with two attached hydrogens (primary N) is 2.